The molecule has 0 saturated heterocycles. The van der Waals surface area contributed by atoms with E-state index in [9.17, 15) is 14.4 Å². The van der Waals surface area contributed by atoms with Crippen LogP contribution in [0.3, 0.4) is 0 Å². The van der Waals surface area contributed by atoms with Gasteiger partial charge >= 0.3 is 12.1 Å². The summed E-state index contributed by atoms with van der Waals surface area (Å²) in [5.74, 6) is -0.622. The molecule has 0 fully saturated rings. The number of ketones is 1. The standard InChI is InChI=1S/C25H24N2O5S/c1-2-31-24(29)18-10-8-17(9-11-18)22(28)21-19-12-13-27(14-20(19)33-23(21)26)25(30)32-15-16-6-4-3-5-7-16/h3-11H,2,12-15,26H2,1H3. The Morgan fingerprint density at radius 1 is 1.00 bits per heavy atom. The number of hydrogen-bond acceptors (Lipinski definition) is 7. The van der Waals surface area contributed by atoms with E-state index in [-0.39, 0.29) is 25.1 Å². The molecule has 2 aromatic carbocycles. The lowest BCUT2D eigenvalue weighted by Gasteiger charge is -2.26. The van der Waals surface area contributed by atoms with Crippen LogP contribution < -0.4 is 5.73 Å². The molecule has 4 rings (SSSR count). The van der Waals surface area contributed by atoms with Crippen molar-refractivity contribution >= 4 is 34.2 Å². The smallest absolute Gasteiger partial charge is 0.410 e. The van der Waals surface area contributed by atoms with Crippen molar-refractivity contribution in [2.24, 2.45) is 0 Å². The largest absolute Gasteiger partial charge is 0.462 e. The molecule has 1 aromatic heterocycles. The second kappa shape index (κ2) is 9.87. The van der Waals surface area contributed by atoms with Crippen LogP contribution in [0, 0.1) is 0 Å². The summed E-state index contributed by atoms with van der Waals surface area (Å²) in [5.41, 5.74) is 9.34. The fourth-order valence-corrected chi connectivity index (χ4v) is 4.89. The molecule has 7 nitrogen and oxygen atoms in total. The molecule has 2 heterocycles. The first-order chi connectivity index (χ1) is 16.0. The predicted octanol–water partition coefficient (Wildman–Crippen LogP) is 4.43. The Morgan fingerprint density at radius 3 is 2.39 bits per heavy atom. The van der Waals surface area contributed by atoms with Gasteiger partial charge in [0.1, 0.15) is 6.61 Å². The highest BCUT2D eigenvalue weighted by Gasteiger charge is 2.30. The highest BCUT2D eigenvalue weighted by Crippen LogP contribution is 2.36. The normalized spacial score (nSPS) is 12.7. The molecular formula is C25H24N2O5S. The molecule has 0 saturated carbocycles. The maximum Gasteiger partial charge on any atom is 0.410 e. The van der Waals surface area contributed by atoms with Gasteiger partial charge in [-0.15, -0.1) is 11.3 Å². The summed E-state index contributed by atoms with van der Waals surface area (Å²) in [5, 5.41) is 0.430. The van der Waals surface area contributed by atoms with E-state index in [1.807, 2.05) is 30.3 Å². The van der Waals surface area contributed by atoms with E-state index < -0.39 is 5.97 Å². The fourth-order valence-electron chi connectivity index (χ4n) is 3.76. The number of nitrogens with zero attached hydrogens (tertiary/aromatic N) is 1. The average Bonchev–Trinajstić information content (AvgIpc) is 3.17. The molecule has 1 aliphatic rings. The van der Waals surface area contributed by atoms with Crippen molar-refractivity contribution in [3.05, 3.63) is 87.3 Å². The van der Waals surface area contributed by atoms with Gasteiger partial charge < -0.3 is 20.1 Å². The molecule has 0 spiro atoms. The lowest BCUT2D eigenvalue weighted by atomic mass is 9.96. The van der Waals surface area contributed by atoms with E-state index in [0.717, 1.165) is 16.0 Å². The molecule has 0 atom stereocenters. The zero-order valence-electron chi connectivity index (χ0n) is 18.2. The van der Waals surface area contributed by atoms with E-state index in [1.54, 1.807) is 36.1 Å². The summed E-state index contributed by atoms with van der Waals surface area (Å²) in [4.78, 5) is 40.1. The van der Waals surface area contributed by atoms with Crippen LogP contribution in [0.25, 0.3) is 0 Å². The van der Waals surface area contributed by atoms with Gasteiger partial charge in [0.05, 0.1) is 29.3 Å². The Balaban J connectivity index is 1.46. The molecule has 3 aromatic rings. The number of benzene rings is 2. The summed E-state index contributed by atoms with van der Waals surface area (Å²) in [6.45, 7) is 3.03. The van der Waals surface area contributed by atoms with Gasteiger partial charge in [-0.1, -0.05) is 42.5 Å². The highest BCUT2D eigenvalue weighted by molar-refractivity contribution is 7.16. The van der Waals surface area contributed by atoms with Gasteiger partial charge in [-0.05, 0) is 36.6 Å². The van der Waals surface area contributed by atoms with Gasteiger partial charge in [-0.3, -0.25) is 4.79 Å². The summed E-state index contributed by atoms with van der Waals surface area (Å²) < 4.78 is 10.4. The Bertz CT molecular complexity index is 1170. The van der Waals surface area contributed by atoms with Crippen molar-refractivity contribution in [3.63, 3.8) is 0 Å². The van der Waals surface area contributed by atoms with Gasteiger partial charge in [0.25, 0.3) is 0 Å². The quantitative estimate of drug-likeness (QED) is 0.428. The SMILES string of the molecule is CCOC(=O)c1ccc(C(=O)c2c(N)sc3c2CCN(C(=O)OCc2ccccc2)C3)cc1. The number of carbonyl (C=O) groups is 3. The van der Waals surface area contributed by atoms with E-state index in [2.05, 4.69) is 0 Å². The highest BCUT2D eigenvalue weighted by atomic mass is 32.1. The van der Waals surface area contributed by atoms with Gasteiger partial charge in [-0.25, -0.2) is 9.59 Å². The first-order valence-electron chi connectivity index (χ1n) is 10.7. The van der Waals surface area contributed by atoms with Gasteiger partial charge in [0.15, 0.2) is 5.78 Å². The number of rotatable bonds is 6. The molecule has 1 aliphatic heterocycles. The molecule has 33 heavy (non-hydrogen) atoms. The van der Waals surface area contributed by atoms with Crippen molar-refractivity contribution in [2.45, 2.75) is 26.5 Å². The van der Waals surface area contributed by atoms with Crippen molar-refractivity contribution in [1.82, 2.24) is 4.90 Å². The molecule has 1 amide bonds. The van der Waals surface area contributed by atoms with Crippen LogP contribution >= 0.6 is 11.3 Å². The third-order valence-corrected chi connectivity index (χ3v) is 6.48. The van der Waals surface area contributed by atoms with E-state index >= 15 is 0 Å². The minimum Gasteiger partial charge on any atom is -0.462 e. The molecule has 0 bridgehead atoms. The number of thiophene rings is 1. The zero-order valence-corrected chi connectivity index (χ0v) is 19.0. The predicted molar refractivity (Wildman–Crippen MR) is 125 cm³/mol. The van der Waals surface area contributed by atoms with E-state index in [4.69, 9.17) is 15.2 Å². The first kappa shape index (κ1) is 22.5. The van der Waals surface area contributed by atoms with Crippen LogP contribution in [-0.2, 0) is 29.0 Å². The first-order valence-corrected chi connectivity index (χ1v) is 11.5. The maximum atomic E-state index is 13.2. The second-order valence-corrected chi connectivity index (χ2v) is 8.72. The van der Waals surface area contributed by atoms with Crippen LogP contribution in [0.1, 0.15) is 49.2 Å². The van der Waals surface area contributed by atoms with Crippen molar-refractivity contribution in [3.8, 4) is 0 Å². The molecule has 2 N–H and O–H groups in total. The summed E-state index contributed by atoms with van der Waals surface area (Å²) in [6, 6.07) is 15.9. The zero-order chi connectivity index (χ0) is 23.4. The number of nitrogens with two attached hydrogens (primary N) is 1. The van der Waals surface area contributed by atoms with Crippen molar-refractivity contribution < 1.29 is 23.9 Å². The van der Waals surface area contributed by atoms with Crippen LogP contribution in [0.4, 0.5) is 9.80 Å². The number of carbonyl (C=O) groups excluding carboxylic acids is 3. The van der Waals surface area contributed by atoms with Crippen molar-refractivity contribution in [2.75, 3.05) is 18.9 Å². The third kappa shape index (κ3) is 4.90. The van der Waals surface area contributed by atoms with Crippen LogP contribution in [0.5, 0.6) is 0 Å². The number of esters is 1. The van der Waals surface area contributed by atoms with Gasteiger partial charge in [-0.2, -0.15) is 0 Å². The fraction of sp³-hybridized carbons (Fsp3) is 0.240. The molecule has 8 heteroatoms. The number of hydrogen-bond donors (Lipinski definition) is 1. The minimum absolute atomic E-state index is 0.194. The topological polar surface area (TPSA) is 98.9 Å². The summed E-state index contributed by atoms with van der Waals surface area (Å²) in [7, 11) is 0. The lowest BCUT2D eigenvalue weighted by Crippen LogP contribution is -2.36. The van der Waals surface area contributed by atoms with Crippen LogP contribution in [-0.4, -0.2) is 35.9 Å². The summed E-state index contributed by atoms with van der Waals surface area (Å²) >= 11 is 1.32. The van der Waals surface area contributed by atoms with E-state index in [0.29, 0.717) is 41.2 Å². The average molecular weight is 465 g/mol. The second-order valence-electron chi connectivity index (χ2n) is 7.58. The number of nitrogen functional groups attached to an aromatic ring is 1. The molecule has 0 unspecified atom stereocenters. The molecule has 170 valence electrons. The Kier molecular flexibility index (Phi) is 6.74. The summed E-state index contributed by atoms with van der Waals surface area (Å²) in [6.07, 6.45) is 0.129. The number of ether oxygens (including phenoxy) is 2. The minimum atomic E-state index is -0.428. The third-order valence-electron chi connectivity index (χ3n) is 5.43. The van der Waals surface area contributed by atoms with Gasteiger partial charge in [0.2, 0.25) is 0 Å². The van der Waals surface area contributed by atoms with Crippen molar-refractivity contribution in [1.29, 1.82) is 0 Å². The Hall–Kier alpha value is -3.65. The van der Waals surface area contributed by atoms with Crippen LogP contribution in [0.2, 0.25) is 0 Å². The molecule has 0 radical (unpaired) electrons. The van der Waals surface area contributed by atoms with E-state index in [1.165, 1.54) is 11.3 Å². The lowest BCUT2D eigenvalue weighted by molar-refractivity contribution is 0.0526. The number of anilines is 1. The monoisotopic (exact) mass is 464 g/mol. The number of amides is 1. The van der Waals surface area contributed by atoms with Gasteiger partial charge in [0, 0.05) is 17.0 Å². The Morgan fingerprint density at radius 2 is 1.70 bits per heavy atom. The maximum absolute atomic E-state index is 13.2. The molecular weight excluding hydrogens is 440 g/mol. The van der Waals surface area contributed by atoms with Crippen LogP contribution in [0.15, 0.2) is 54.6 Å². The molecule has 0 aliphatic carbocycles. The Labute approximate surface area is 195 Å². The number of fused-ring (bicyclic) bond motifs is 1.